The predicted octanol–water partition coefficient (Wildman–Crippen LogP) is 1.65. The van der Waals surface area contributed by atoms with Crippen LogP contribution in [0.25, 0.3) is 0 Å². The van der Waals surface area contributed by atoms with E-state index in [1.807, 2.05) is 4.90 Å². The lowest BCUT2D eigenvalue weighted by atomic mass is 10.1. The molecule has 2 aliphatic heterocycles. The number of nitrogens with zero attached hydrogens (tertiary/aromatic N) is 2. The number of rotatable bonds is 4. The Kier molecular flexibility index (Phi) is 4.76. The maximum absolute atomic E-state index is 12.1. The third-order valence-corrected chi connectivity index (χ3v) is 4.50. The second kappa shape index (κ2) is 6.94. The summed E-state index contributed by atoms with van der Waals surface area (Å²) in [5.74, 6) is 0.292. The van der Waals surface area contributed by atoms with E-state index >= 15 is 0 Å². The lowest BCUT2D eigenvalue weighted by Gasteiger charge is -2.27. The Morgan fingerprint density at radius 1 is 1.00 bits per heavy atom. The van der Waals surface area contributed by atoms with E-state index in [1.165, 1.54) is 37.2 Å². The van der Waals surface area contributed by atoms with Gasteiger partial charge in [0.05, 0.1) is 0 Å². The molecule has 0 atom stereocenters. The number of carbonyl (C=O) groups excluding carboxylic acids is 1. The average molecular weight is 287 g/mol. The number of hydrogen-bond acceptors (Lipinski definition) is 3. The first kappa shape index (κ1) is 14.4. The van der Waals surface area contributed by atoms with Gasteiger partial charge in [0.25, 0.3) is 0 Å². The Morgan fingerprint density at radius 2 is 1.67 bits per heavy atom. The summed E-state index contributed by atoms with van der Waals surface area (Å²) >= 11 is 0. The quantitative estimate of drug-likeness (QED) is 0.914. The molecule has 0 unspecified atom stereocenters. The minimum absolute atomic E-state index is 0.292. The zero-order valence-electron chi connectivity index (χ0n) is 12.7. The number of nitrogens with one attached hydrogen (secondary N) is 1. The highest BCUT2D eigenvalue weighted by Gasteiger charge is 2.16. The number of carbonyl (C=O) groups is 1. The molecule has 2 saturated heterocycles. The Morgan fingerprint density at radius 3 is 2.33 bits per heavy atom. The first-order valence-corrected chi connectivity index (χ1v) is 8.15. The van der Waals surface area contributed by atoms with Crippen molar-refractivity contribution in [3.63, 3.8) is 0 Å². The van der Waals surface area contributed by atoms with Gasteiger partial charge in [-0.3, -0.25) is 4.79 Å². The molecule has 0 spiro atoms. The summed E-state index contributed by atoms with van der Waals surface area (Å²) in [7, 11) is 0. The summed E-state index contributed by atoms with van der Waals surface area (Å²) in [6.07, 6.45) is 4.09. The van der Waals surface area contributed by atoms with E-state index in [0.29, 0.717) is 12.3 Å². The number of aryl methyl sites for hydroxylation is 1. The van der Waals surface area contributed by atoms with E-state index < -0.39 is 0 Å². The van der Waals surface area contributed by atoms with Gasteiger partial charge in [-0.05, 0) is 37.0 Å². The standard InChI is InChI=1S/C17H25N3O/c21-17(20-13-9-18-10-14-20)8-5-15-3-6-16(7-4-15)19-11-1-2-12-19/h3-4,6-7,18H,1-2,5,8-14H2. The smallest absolute Gasteiger partial charge is 0.222 e. The topological polar surface area (TPSA) is 35.6 Å². The summed E-state index contributed by atoms with van der Waals surface area (Å²) in [4.78, 5) is 16.6. The number of benzene rings is 1. The molecule has 2 fully saturated rings. The van der Waals surface area contributed by atoms with E-state index in [-0.39, 0.29) is 0 Å². The van der Waals surface area contributed by atoms with E-state index in [4.69, 9.17) is 0 Å². The summed E-state index contributed by atoms with van der Waals surface area (Å²) < 4.78 is 0. The van der Waals surface area contributed by atoms with Gasteiger partial charge < -0.3 is 15.1 Å². The molecule has 0 aromatic heterocycles. The summed E-state index contributed by atoms with van der Waals surface area (Å²) in [6, 6.07) is 8.77. The van der Waals surface area contributed by atoms with Gasteiger partial charge in [0.1, 0.15) is 0 Å². The van der Waals surface area contributed by atoms with E-state index in [0.717, 1.165) is 32.6 Å². The zero-order chi connectivity index (χ0) is 14.5. The molecule has 0 saturated carbocycles. The van der Waals surface area contributed by atoms with Crippen LogP contribution in [0.15, 0.2) is 24.3 Å². The van der Waals surface area contributed by atoms with Gasteiger partial charge in [-0.1, -0.05) is 12.1 Å². The summed E-state index contributed by atoms with van der Waals surface area (Å²) in [6.45, 7) is 5.92. The van der Waals surface area contributed by atoms with Crippen molar-refractivity contribution in [1.82, 2.24) is 10.2 Å². The molecule has 2 aliphatic rings. The highest BCUT2D eigenvalue weighted by molar-refractivity contribution is 5.76. The number of amides is 1. The first-order chi connectivity index (χ1) is 10.3. The molecule has 1 aromatic carbocycles. The number of piperazine rings is 1. The SMILES string of the molecule is O=C(CCc1ccc(N2CCCC2)cc1)N1CCNCC1. The molecule has 4 heteroatoms. The summed E-state index contributed by atoms with van der Waals surface area (Å²) in [5, 5.41) is 3.28. The van der Waals surface area contributed by atoms with E-state index in [2.05, 4.69) is 34.5 Å². The third-order valence-electron chi connectivity index (χ3n) is 4.50. The van der Waals surface area contributed by atoms with Crippen LogP contribution in [0.3, 0.4) is 0 Å². The van der Waals surface area contributed by atoms with Gasteiger partial charge in [-0.25, -0.2) is 0 Å². The molecule has 0 aliphatic carbocycles. The van der Waals surface area contributed by atoms with Crippen LogP contribution in [0.2, 0.25) is 0 Å². The van der Waals surface area contributed by atoms with Crippen molar-refractivity contribution in [3.05, 3.63) is 29.8 Å². The van der Waals surface area contributed by atoms with Crippen molar-refractivity contribution in [1.29, 1.82) is 0 Å². The first-order valence-electron chi connectivity index (χ1n) is 8.15. The molecule has 1 N–H and O–H groups in total. The van der Waals surface area contributed by atoms with Crippen LogP contribution in [-0.2, 0) is 11.2 Å². The number of anilines is 1. The van der Waals surface area contributed by atoms with Gasteiger partial charge in [-0.15, -0.1) is 0 Å². The van der Waals surface area contributed by atoms with Gasteiger partial charge in [0.15, 0.2) is 0 Å². The van der Waals surface area contributed by atoms with Crippen LogP contribution in [-0.4, -0.2) is 50.1 Å². The molecule has 1 aromatic rings. The molecule has 2 heterocycles. The highest BCUT2D eigenvalue weighted by atomic mass is 16.2. The van der Waals surface area contributed by atoms with Crippen LogP contribution in [0.5, 0.6) is 0 Å². The largest absolute Gasteiger partial charge is 0.372 e. The molecule has 114 valence electrons. The van der Waals surface area contributed by atoms with E-state index in [9.17, 15) is 4.79 Å². The van der Waals surface area contributed by atoms with Crippen molar-refractivity contribution in [3.8, 4) is 0 Å². The van der Waals surface area contributed by atoms with Crippen LogP contribution in [0.1, 0.15) is 24.8 Å². The Labute approximate surface area is 127 Å². The van der Waals surface area contributed by atoms with Crippen LogP contribution in [0.4, 0.5) is 5.69 Å². The van der Waals surface area contributed by atoms with Gasteiger partial charge >= 0.3 is 0 Å². The van der Waals surface area contributed by atoms with Crippen LogP contribution >= 0.6 is 0 Å². The highest BCUT2D eigenvalue weighted by Crippen LogP contribution is 2.20. The average Bonchev–Trinajstić information content (AvgIpc) is 3.08. The minimum Gasteiger partial charge on any atom is -0.372 e. The fourth-order valence-electron chi connectivity index (χ4n) is 3.17. The summed E-state index contributed by atoms with van der Waals surface area (Å²) in [5.41, 5.74) is 2.59. The Hall–Kier alpha value is -1.55. The zero-order valence-corrected chi connectivity index (χ0v) is 12.7. The van der Waals surface area contributed by atoms with Crippen molar-refractivity contribution >= 4 is 11.6 Å². The maximum Gasteiger partial charge on any atom is 0.222 e. The van der Waals surface area contributed by atoms with Gasteiger partial charge in [-0.2, -0.15) is 0 Å². The third kappa shape index (κ3) is 3.76. The second-order valence-corrected chi connectivity index (χ2v) is 5.99. The molecular weight excluding hydrogens is 262 g/mol. The van der Waals surface area contributed by atoms with Crippen LogP contribution < -0.4 is 10.2 Å². The normalized spacial score (nSPS) is 19.0. The van der Waals surface area contributed by atoms with Gasteiger partial charge in [0, 0.05) is 51.4 Å². The van der Waals surface area contributed by atoms with E-state index in [1.54, 1.807) is 0 Å². The molecule has 21 heavy (non-hydrogen) atoms. The lowest BCUT2D eigenvalue weighted by Crippen LogP contribution is -2.46. The van der Waals surface area contributed by atoms with Crippen molar-refractivity contribution in [2.45, 2.75) is 25.7 Å². The maximum atomic E-state index is 12.1. The minimum atomic E-state index is 0.292. The second-order valence-electron chi connectivity index (χ2n) is 5.99. The molecule has 0 bridgehead atoms. The fraction of sp³-hybridized carbons (Fsp3) is 0.588. The number of hydrogen-bond donors (Lipinski definition) is 1. The Bertz CT molecular complexity index is 459. The van der Waals surface area contributed by atoms with Crippen molar-refractivity contribution in [2.24, 2.45) is 0 Å². The molecule has 3 rings (SSSR count). The monoisotopic (exact) mass is 287 g/mol. The molecular formula is C17H25N3O. The molecule has 1 amide bonds. The van der Waals surface area contributed by atoms with Gasteiger partial charge in [0.2, 0.25) is 5.91 Å². The van der Waals surface area contributed by atoms with Crippen LogP contribution in [0, 0.1) is 0 Å². The molecule has 0 radical (unpaired) electrons. The van der Waals surface area contributed by atoms with Crippen molar-refractivity contribution in [2.75, 3.05) is 44.2 Å². The van der Waals surface area contributed by atoms with Crippen molar-refractivity contribution < 1.29 is 4.79 Å². The predicted molar refractivity (Wildman–Crippen MR) is 85.7 cm³/mol. The Balaban J connectivity index is 1.49. The molecule has 4 nitrogen and oxygen atoms in total. The fourth-order valence-corrected chi connectivity index (χ4v) is 3.17. The lowest BCUT2D eigenvalue weighted by molar-refractivity contribution is -0.131.